The van der Waals surface area contributed by atoms with Crippen LogP contribution in [0.4, 0.5) is 0 Å². The molecule has 1 aliphatic carbocycles. The first kappa shape index (κ1) is 21.4. The predicted octanol–water partition coefficient (Wildman–Crippen LogP) is 1.65. The number of nitrogens with one attached hydrogen (secondary N) is 1. The molecule has 1 saturated carbocycles. The van der Waals surface area contributed by atoms with Gasteiger partial charge in [0.1, 0.15) is 5.69 Å². The summed E-state index contributed by atoms with van der Waals surface area (Å²) in [7, 11) is -3.57. The highest BCUT2D eigenvalue weighted by atomic mass is 32.2. The van der Waals surface area contributed by atoms with Crippen molar-refractivity contribution in [1.29, 1.82) is 0 Å². The molecule has 1 aromatic carbocycles. The molecule has 9 heteroatoms. The summed E-state index contributed by atoms with van der Waals surface area (Å²) in [6.07, 6.45) is 4.85. The van der Waals surface area contributed by atoms with Crippen molar-refractivity contribution in [3.8, 4) is 0 Å². The highest BCUT2D eigenvalue weighted by Crippen LogP contribution is 2.48. The van der Waals surface area contributed by atoms with Gasteiger partial charge in [0, 0.05) is 38.0 Å². The van der Waals surface area contributed by atoms with E-state index in [1.165, 1.54) is 17.8 Å². The number of carbonyl (C=O) groups is 2. The molecular formula is C22H26N4O4S. The lowest BCUT2D eigenvalue weighted by Crippen LogP contribution is -2.42. The minimum atomic E-state index is -3.57. The lowest BCUT2D eigenvalue weighted by atomic mass is 9.96. The number of benzene rings is 1. The molecule has 2 amide bonds. The number of piperidine rings is 1. The van der Waals surface area contributed by atoms with E-state index in [9.17, 15) is 18.0 Å². The molecule has 2 fully saturated rings. The summed E-state index contributed by atoms with van der Waals surface area (Å²) in [4.78, 5) is 34.6. The summed E-state index contributed by atoms with van der Waals surface area (Å²) in [6, 6.07) is 11.6. The highest BCUT2D eigenvalue weighted by molar-refractivity contribution is 7.90. The zero-order valence-electron chi connectivity index (χ0n) is 17.4. The summed E-state index contributed by atoms with van der Waals surface area (Å²) in [5.74, 6) is 0.532. The first-order valence-electron chi connectivity index (χ1n) is 10.5. The van der Waals surface area contributed by atoms with Crippen molar-refractivity contribution in [3.05, 3.63) is 53.9 Å². The van der Waals surface area contributed by atoms with Crippen LogP contribution in [-0.2, 0) is 14.6 Å². The number of sulfone groups is 1. The van der Waals surface area contributed by atoms with Crippen LogP contribution in [0.1, 0.15) is 41.2 Å². The minimum absolute atomic E-state index is 0.0312. The molecule has 2 heterocycles. The Bertz CT molecular complexity index is 1070. The van der Waals surface area contributed by atoms with Crippen molar-refractivity contribution < 1.29 is 18.0 Å². The Morgan fingerprint density at radius 1 is 1.13 bits per heavy atom. The maximum Gasteiger partial charge on any atom is 0.270 e. The summed E-state index contributed by atoms with van der Waals surface area (Å²) >= 11 is 0. The molecule has 1 N–H and O–H groups in total. The Hall–Kier alpha value is -2.81. The zero-order valence-corrected chi connectivity index (χ0v) is 18.2. The molecule has 8 nitrogen and oxygen atoms in total. The van der Waals surface area contributed by atoms with Crippen LogP contribution in [-0.4, -0.2) is 61.0 Å². The molecule has 0 radical (unpaired) electrons. The summed E-state index contributed by atoms with van der Waals surface area (Å²) < 4.78 is 23.1. The molecule has 2 aliphatic rings. The van der Waals surface area contributed by atoms with Gasteiger partial charge in [-0.15, -0.1) is 0 Å². The second-order valence-corrected chi connectivity index (χ2v) is 10.2. The van der Waals surface area contributed by atoms with E-state index in [4.69, 9.17) is 0 Å². The van der Waals surface area contributed by atoms with Crippen LogP contribution in [0.15, 0.2) is 47.8 Å². The van der Waals surface area contributed by atoms with E-state index in [-0.39, 0.29) is 28.6 Å². The average Bonchev–Trinajstić information content (AvgIpc) is 3.58. The van der Waals surface area contributed by atoms with Crippen molar-refractivity contribution in [2.24, 2.45) is 11.8 Å². The normalized spacial score (nSPS) is 21.5. The molecule has 164 valence electrons. The number of hydrogen-bond donors (Lipinski definition) is 1. The van der Waals surface area contributed by atoms with Crippen LogP contribution in [0.2, 0.25) is 0 Å². The minimum Gasteiger partial charge on any atom is -0.350 e. The third kappa shape index (κ3) is 5.10. The van der Waals surface area contributed by atoms with E-state index in [2.05, 4.69) is 27.4 Å². The fourth-order valence-electron chi connectivity index (χ4n) is 4.10. The number of nitrogens with zero attached hydrogens (tertiary/aromatic N) is 3. The van der Waals surface area contributed by atoms with Gasteiger partial charge in [-0.05, 0) is 42.7 Å². The number of rotatable bonds is 6. The van der Waals surface area contributed by atoms with Gasteiger partial charge >= 0.3 is 0 Å². The van der Waals surface area contributed by atoms with E-state index in [1.807, 2.05) is 23.1 Å². The van der Waals surface area contributed by atoms with Gasteiger partial charge in [0.15, 0.2) is 0 Å². The van der Waals surface area contributed by atoms with Crippen molar-refractivity contribution in [1.82, 2.24) is 20.2 Å². The Morgan fingerprint density at radius 2 is 1.84 bits per heavy atom. The lowest BCUT2D eigenvalue weighted by molar-refractivity contribution is -0.134. The highest BCUT2D eigenvalue weighted by Gasteiger charge is 2.46. The molecule has 2 unspecified atom stereocenters. The van der Waals surface area contributed by atoms with Gasteiger partial charge < -0.3 is 10.2 Å². The average molecular weight is 443 g/mol. The third-order valence-electron chi connectivity index (χ3n) is 6.01. The van der Waals surface area contributed by atoms with Crippen LogP contribution >= 0.6 is 0 Å². The molecular weight excluding hydrogens is 416 g/mol. The quantitative estimate of drug-likeness (QED) is 0.682. The first-order chi connectivity index (χ1) is 14.8. The number of aromatic nitrogens is 2. The van der Waals surface area contributed by atoms with Gasteiger partial charge in [0.25, 0.3) is 5.91 Å². The molecule has 1 aromatic heterocycles. The summed E-state index contributed by atoms with van der Waals surface area (Å²) in [5, 5.41) is 2.47. The Morgan fingerprint density at radius 3 is 2.52 bits per heavy atom. The van der Waals surface area contributed by atoms with Crippen LogP contribution in [0.5, 0.6) is 0 Å². The van der Waals surface area contributed by atoms with Gasteiger partial charge in [-0.3, -0.25) is 9.59 Å². The third-order valence-corrected chi connectivity index (χ3v) is 6.87. The molecule has 2 atom stereocenters. The predicted molar refractivity (Wildman–Crippen MR) is 114 cm³/mol. The largest absolute Gasteiger partial charge is 0.350 e. The Balaban J connectivity index is 1.24. The number of hydrogen-bond acceptors (Lipinski definition) is 6. The molecule has 2 aromatic rings. The Labute approximate surface area is 182 Å². The van der Waals surface area contributed by atoms with E-state index in [0.29, 0.717) is 25.6 Å². The lowest BCUT2D eigenvalue weighted by Gasteiger charge is -2.32. The fraction of sp³-hybridized carbons (Fsp3) is 0.455. The van der Waals surface area contributed by atoms with E-state index >= 15 is 0 Å². The molecule has 4 rings (SSSR count). The zero-order chi connectivity index (χ0) is 22.0. The van der Waals surface area contributed by atoms with Gasteiger partial charge in [-0.2, -0.15) is 0 Å². The number of carbonyl (C=O) groups excluding carboxylic acids is 2. The Kier molecular flexibility index (Phi) is 6.04. The smallest absolute Gasteiger partial charge is 0.270 e. The molecule has 1 saturated heterocycles. The van der Waals surface area contributed by atoms with Crippen molar-refractivity contribution in [3.63, 3.8) is 0 Å². The van der Waals surface area contributed by atoms with Crippen molar-refractivity contribution in [2.45, 2.75) is 30.3 Å². The second kappa shape index (κ2) is 8.74. The molecule has 0 bridgehead atoms. The molecule has 0 spiro atoms. The molecule has 31 heavy (non-hydrogen) atoms. The number of likely N-dealkylation sites (tertiary alicyclic amines) is 1. The van der Waals surface area contributed by atoms with E-state index in [1.54, 1.807) is 0 Å². The topological polar surface area (TPSA) is 109 Å². The van der Waals surface area contributed by atoms with Gasteiger partial charge in [0.05, 0.1) is 0 Å². The second-order valence-electron chi connectivity index (χ2n) is 8.33. The molecule has 1 aliphatic heterocycles. The number of amides is 2. The van der Waals surface area contributed by atoms with Gasteiger partial charge in [0.2, 0.25) is 20.9 Å². The summed E-state index contributed by atoms with van der Waals surface area (Å²) in [5.41, 5.74) is 1.27. The SMILES string of the molecule is CS(=O)(=O)c1nccc(C(=O)NCC2CCN(C(=O)C3CC3c3ccccc3)CC2)n1. The van der Waals surface area contributed by atoms with Crippen LogP contribution in [0, 0.1) is 11.8 Å². The van der Waals surface area contributed by atoms with Crippen molar-refractivity contribution >= 4 is 21.7 Å². The first-order valence-corrected chi connectivity index (χ1v) is 12.4. The van der Waals surface area contributed by atoms with Crippen LogP contribution in [0.3, 0.4) is 0 Å². The summed E-state index contributed by atoms with van der Waals surface area (Å²) in [6.45, 7) is 1.86. The van der Waals surface area contributed by atoms with Gasteiger partial charge in [-0.1, -0.05) is 30.3 Å². The van der Waals surface area contributed by atoms with Gasteiger partial charge in [-0.25, -0.2) is 18.4 Å². The van der Waals surface area contributed by atoms with E-state index in [0.717, 1.165) is 25.5 Å². The maximum absolute atomic E-state index is 12.8. The van der Waals surface area contributed by atoms with E-state index < -0.39 is 15.7 Å². The maximum atomic E-state index is 12.8. The van der Waals surface area contributed by atoms with Crippen molar-refractivity contribution in [2.75, 3.05) is 25.9 Å². The monoisotopic (exact) mass is 442 g/mol. The fourth-order valence-corrected chi connectivity index (χ4v) is 4.62. The van der Waals surface area contributed by atoms with Crippen LogP contribution in [0.25, 0.3) is 0 Å². The standard InChI is InChI=1S/C22H26N4O4S/c1-31(29,30)22-23-10-7-19(25-22)20(27)24-14-15-8-11-26(12-9-15)21(28)18-13-17(18)16-5-3-2-4-6-16/h2-7,10,15,17-18H,8-9,11-14H2,1H3,(H,24,27). The van der Waals surface area contributed by atoms with Crippen LogP contribution < -0.4 is 5.32 Å².